The van der Waals surface area contributed by atoms with Crippen molar-refractivity contribution in [3.05, 3.63) is 88.7 Å². The molecule has 1 aromatic heterocycles. The van der Waals surface area contributed by atoms with E-state index in [1.807, 2.05) is 18.2 Å². The smallest absolute Gasteiger partial charge is 0.261 e. The summed E-state index contributed by atoms with van der Waals surface area (Å²) in [6, 6.07) is 13.8. The van der Waals surface area contributed by atoms with Crippen molar-refractivity contribution in [1.29, 1.82) is 0 Å². The summed E-state index contributed by atoms with van der Waals surface area (Å²) < 4.78 is 10.6. The minimum atomic E-state index is -0.403. The maximum absolute atomic E-state index is 13.0. The van der Waals surface area contributed by atoms with Gasteiger partial charge in [0.25, 0.3) is 17.7 Å². The molecule has 3 amide bonds. The standard InChI is InChI=1S/C26H25N3O5/c1-28(13-10-17-4-7-22(33-2)23(14-17)34-3)24(30)19-5-6-20-21(15-19)26(32)29(25(20)31)16-18-8-11-27-12-9-18/h4-9,11-12,14-15H,10,13,16H2,1-3H3. The van der Waals surface area contributed by atoms with Gasteiger partial charge in [-0.3, -0.25) is 24.3 Å². The van der Waals surface area contributed by atoms with Crippen molar-refractivity contribution >= 4 is 17.7 Å². The molecular weight excluding hydrogens is 434 g/mol. The maximum Gasteiger partial charge on any atom is 0.261 e. The van der Waals surface area contributed by atoms with Gasteiger partial charge in [0.2, 0.25) is 0 Å². The molecular formula is C26H25N3O5. The van der Waals surface area contributed by atoms with Crippen molar-refractivity contribution in [3.8, 4) is 11.5 Å². The van der Waals surface area contributed by atoms with Crippen molar-refractivity contribution in [3.63, 3.8) is 0 Å². The van der Waals surface area contributed by atoms with Gasteiger partial charge >= 0.3 is 0 Å². The van der Waals surface area contributed by atoms with E-state index in [0.29, 0.717) is 35.6 Å². The summed E-state index contributed by atoms with van der Waals surface area (Å²) >= 11 is 0. The first-order valence-corrected chi connectivity index (χ1v) is 10.8. The van der Waals surface area contributed by atoms with Gasteiger partial charge in [-0.2, -0.15) is 0 Å². The number of amides is 3. The quantitative estimate of drug-likeness (QED) is 0.481. The van der Waals surface area contributed by atoms with Crippen LogP contribution in [0.2, 0.25) is 0 Å². The zero-order valence-electron chi connectivity index (χ0n) is 19.3. The Kier molecular flexibility index (Phi) is 6.58. The molecule has 1 aliphatic heterocycles. The number of aromatic nitrogens is 1. The summed E-state index contributed by atoms with van der Waals surface area (Å²) in [6.07, 6.45) is 3.84. The SMILES string of the molecule is COc1ccc(CCN(C)C(=O)c2ccc3c(c2)C(=O)N(Cc2ccncc2)C3=O)cc1OC. The lowest BCUT2D eigenvalue weighted by Crippen LogP contribution is -2.29. The highest BCUT2D eigenvalue weighted by Crippen LogP contribution is 2.28. The molecule has 0 aliphatic carbocycles. The lowest BCUT2D eigenvalue weighted by Gasteiger charge is -2.18. The average molecular weight is 460 g/mol. The van der Waals surface area contributed by atoms with Crippen LogP contribution < -0.4 is 9.47 Å². The topological polar surface area (TPSA) is 89.0 Å². The number of rotatable bonds is 8. The van der Waals surface area contributed by atoms with E-state index < -0.39 is 5.91 Å². The first kappa shape index (κ1) is 23.0. The number of ether oxygens (including phenoxy) is 2. The van der Waals surface area contributed by atoms with Crippen molar-refractivity contribution < 1.29 is 23.9 Å². The lowest BCUT2D eigenvalue weighted by atomic mass is 10.0. The molecule has 174 valence electrons. The Bertz CT molecular complexity index is 1240. The van der Waals surface area contributed by atoms with E-state index in [0.717, 1.165) is 11.1 Å². The summed E-state index contributed by atoms with van der Waals surface area (Å²) in [5, 5.41) is 0. The number of hydrogen-bond acceptors (Lipinski definition) is 6. The van der Waals surface area contributed by atoms with Gasteiger partial charge in [-0.05, 0) is 60.0 Å². The Morgan fingerprint density at radius 2 is 1.59 bits per heavy atom. The largest absolute Gasteiger partial charge is 0.493 e. The van der Waals surface area contributed by atoms with Crippen LogP contribution in [0.25, 0.3) is 0 Å². The zero-order chi connectivity index (χ0) is 24.2. The van der Waals surface area contributed by atoms with E-state index in [2.05, 4.69) is 4.98 Å². The van der Waals surface area contributed by atoms with E-state index in [-0.39, 0.29) is 23.9 Å². The van der Waals surface area contributed by atoms with Crippen LogP contribution in [0.5, 0.6) is 11.5 Å². The third kappa shape index (κ3) is 4.47. The summed E-state index contributed by atoms with van der Waals surface area (Å²) in [5.74, 6) is 0.284. The Labute approximate surface area is 197 Å². The molecule has 8 nitrogen and oxygen atoms in total. The van der Waals surface area contributed by atoms with E-state index in [4.69, 9.17) is 9.47 Å². The second-order valence-electron chi connectivity index (χ2n) is 7.98. The molecule has 0 radical (unpaired) electrons. The van der Waals surface area contributed by atoms with Gasteiger partial charge in [0.15, 0.2) is 11.5 Å². The summed E-state index contributed by atoms with van der Waals surface area (Å²) in [4.78, 5) is 45.4. The summed E-state index contributed by atoms with van der Waals surface area (Å²) in [6.45, 7) is 0.621. The van der Waals surface area contributed by atoms with Crippen LogP contribution in [0.1, 0.15) is 42.2 Å². The third-order valence-corrected chi connectivity index (χ3v) is 5.84. The van der Waals surface area contributed by atoms with Gasteiger partial charge in [-0.1, -0.05) is 6.07 Å². The van der Waals surface area contributed by atoms with Gasteiger partial charge in [0.05, 0.1) is 31.9 Å². The van der Waals surface area contributed by atoms with Crippen molar-refractivity contribution in [2.75, 3.05) is 27.8 Å². The van der Waals surface area contributed by atoms with Gasteiger partial charge in [-0.15, -0.1) is 0 Å². The zero-order valence-corrected chi connectivity index (χ0v) is 19.3. The number of benzene rings is 2. The number of imide groups is 1. The fourth-order valence-electron chi connectivity index (χ4n) is 3.89. The van der Waals surface area contributed by atoms with Gasteiger partial charge in [0.1, 0.15) is 0 Å². The number of methoxy groups -OCH3 is 2. The highest BCUT2D eigenvalue weighted by Gasteiger charge is 2.36. The molecule has 0 atom stereocenters. The Morgan fingerprint density at radius 1 is 0.882 bits per heavy atom. The van der Waals surface area contributed by atoms with Crippen molar-refractivity contribution in [2.24, 2.45) is 0 Å². The molecule has 2 heterocycles. The first-order valence-electron chi connectivity index (χ1n) is 10.8. The predicted octanol–water partition coefficient (Wildman–Crippen LogP) is 3.21. The second-order valence-corrected chi connectivity index (χ2v) is 7.98. The van der Waals surface area contributed by atoms with E-state index in [1.165, 1.54) is 11.0 Å². The van der Waals surface area contributed by atoms with E-state index >= 15 is 0 Å². The van der Waals surface area contributed by atoms with Crippen LogP contribution in [0.15, 0.2) is 60.9 Å². The molecule has 0 fully saturated rings. The van der Waals surface area contributed by atoms with Crippen LogP contribution in [0, 0.1) is 0 Å². The maximum atomic E-state index is 13.0. The number of carbonyl (C=O) groups excluding carboxylic acids is 3. The molecule has 0 unspecified atom stereocenters. The minimum Gasteiger partial charge on any atom is -0.493 e. The molecule has 0 bridgehead atoms. The number of pyridine rings is 1. The Balaban J connectivity index is 1.45. The van der Waals surface area contributed by atoms with Gasteiger partial charge in [-0.25, -0.2) is 0 Å². The van der Waals surface area contributed by atoms with Crippen LogP contribution in [-0.2, 0) is 13.0 Å². The number of hydrogen-bond donors (Lipinski definition) is 0. The molecule has 3 aromatic rings. The fourth-order valence-corrected chi connectivity index (χ4v) is 3.89. The lowest BCUT2D eigenvalue weighted by molar-refractivity contribution is 0.0642. The van der Waals surface area contributed by atoms with Crippen LogP contribution in [0.4, 0.5) is 0 Å². The second kappa shape index (κ2) is 9.74. The van der Waals surface area contributed by atoms with Crippen LogP contribution in [0.3, 0.4) is 0 Å². The van der Waals surface area contributed by atoms with Crippen molar-refractivity contribution in [2.45, 2.75) is 13.0 Å². The highest BCUT2D eigenvalue weighted by molar-refractivity contribution is 6.22. The van der Waals surface area contributed by atoms with E-state index in [9.17, 15) is 14.4 Å². The fraction of sp³-hybridized carbons (Fsp3) is 0.231. The van der Waals surface area contributed by atoms with Gasteiger partial charge < -0.3 is 14.4 Å². The predicted molar refractivity (Wildman–Crippen MR) is 125 cm³/mol. The first-order chi connectivity index (χ1) is 16.4. The minimum absolute atomic E-state index is 0.156. The molecule has 0 spiro atoms. The van der Waals surface area contributed by atoms with Crippen LogP contribution >= 0.6 is 0 Å². The summed E-state index contributed by atoms with van der Waals surface area (Å²) in [5.41, 5.74) is 2.72. The summed E-state index contributed by atoms with van der Waals surface area (Å²) in [7, 11) is 4.87. The normalized spacial score (nSPS) is 12.5. The highest BCUT2D eigenvalue weighted by atomic mass is 16.5. The average Bonchev–Trinajstić information content (AvgIpc) is 3.11. The molecule has 0 saturated carbocycles. The number of nitrogens with zero attached hydrogens (tertiary/aromatic N) is 3. The van der Waals surface area contributed by atoms with E-state index in [1.54, 1.807) is 62.8 Å². The number of likely N-dealkylation sites (N-methyl/N-ethyl adjacent to an activating group) is 1. The molecule has 4 rings (SSSR count). The molecule has 1 aliphatic rings. The number of fused-ring (bicyclic) bond motifs is 1. The molecule has 0 saturated heterocycles. The molecule has 34 heavy (non-hydrogen) atoms. The molecule has 2 aromatic carbocycles. The Hall–Kier alpha value is -4.20. The monoisotopic (exact) mass is 459 g/mol. The Morgan fingerprint density at radius 3 is 2.29 bits per heavy atom. The van der Waals surface area contributed by atoms with Gasteiger partial charge in [0, 0.05) is 31.5 Å². The number of carbonyl (C=O) groups is 3. The van der Waals surface area contributed by atoms with Crippen molar-refractivity contribution in [1.82, 2.24) is 14.8 Å². The molecule has 8 heteroatoms. The third-order valence-electron chi connectivity index (χ3n) is 5.84. The molecule has 0 N–H and O–H groups in total. The van der Waals surface area contributed by atoms with Crippen LogP contribution in [-0.4, -0.2) is 60.3 Å².